The van der Waals surface area contributed by atoms with Gasteiger partial charge in [0.2, 0.25) is 0 Å². The zero-order chi connectivity index (χ0) is 22.2. The van der Waals surface area contributed by atoms with E-state index in [1.165, 1.54) is 0 Å². The van der Waals surface area contributed by atoms with Crippen molar-refractivity contribution in [3.8, 4) is 5.75 Å². The van der Waals surface area contributed by atoms with Gasteiger partial charge < -0.3 is 33.1 Å². The summed E-state index contributed by atoms with van der Waals surface area (Å²) in [7, 11) is 0. The van der Waals surface area contributed by atoms with E-state index in [1.54, 1.807) is 42.5 Å². The zero-order valence-corrected chi connectivity index (χ0v) is 17.5. The number of aromatic hydroxyl groups is 1. The number of aryl methyl sites for hydroxylation is 1. The number of phenolic OH excluding ortho intramolecular Hbond substituents is 1. The van der Waals surface area contributed by atoms with Gasteiger partial charge in [-0.3, -0.25) is 0 Å². The van der Waals surface area contributed by atoms with Crippen molar-refractivity contribution in [2.45, 2.75) is 27.2 Å². The van der Waals surface area contributed by atoms with Gasteiger partial charge in [-0.1, -0.05) is 26.0 Å². The first kappa shape index (κ1) is 25.6. The summed E-state index contributed by atoms with van der Waals surface area (Å²) in [6, 6.07) is 19.6. The van der Waals surface area contributed by atoms with Crippen LogP contribution in [0.2, 0.25) is 0 Å². The van der Waals surface area contributed by atoms with E-state index in [0.717, 1.165) is 28.2 Å². The van der Waals surface area contributed by atoms with Crippen LogP contribution >= 0.6 is 0 Å². The van der Waals surface area contributed by atoms with Crippen molar-refractivity contribution in [1.29, 1.82) is 0 Å². The minimum atomic E-state index is 0.184. The van der Waals surface area contributed by atoms with Crippen molar-refractivity contribution in [1.82, 2.24) is 0 Å². The molecule has 6 heteroatoms. The lowest BCUT2D eigenvalue weighted by atomic mass is 10.1. The van der Waals surface area contributed by atoms with Crippen LogP contribution in [0.4, 0.5) is 22.7 Å². The van der Waals surface area contributed by atoms with Crippen molar-refractivity contribution >= 4 is 22.7 Å². The van der Waals surface area contributed by atoms with Crippen molar-refractivity contribution in [3.05, 3.63) is 77.9 Å². The van der Waals surface area contributed by atoms with E-state index in [0.29, 0.717) is 17.9 Å². The first-order valence-electron chi connectivity index (χ1n) is 9.43. The summed E-state index contributed by atoms with van der Waals surface area (Å²) in [5, 5.41) is 17.6. The molecule has 0 radical (unpaired) electrons. The molecule has 0 saturated heterocycles. The molecule has 0 atom stereocenters. The van der Waals surface area contributed by atoms with Crippen molar-refractivity contribution in [2.24, 2.45) is 0 Å². The molecule has 0 aliphatic heterocycles. The van der Waals surface area contributed by atoms with Crippen LogP contribution in [0.1, 0.15) is 25.0 Å². The fourth-order valence-electron chi connectivity index (χ4n) is 2.05. The maximum absolute atomic E-state index is 8.99. The Balaban J connectivity index is 0.000000390. The summed E-state index contributed by atoms with van der Waals surface area (Å²) >= 11 is 0. The average molecular weight is 399 g/mol. The summed E-state index contributed by atoms with van der Waals surface area (Å²) in [5.41, 5.74) is 26.5. The lowest BCUT2D eigenvalue weighted by Gasteiger charge is -1.97. The molecule has 0 aliphatic rings. The van der Waals surface area contributed by atoms with E-state index in [1.807, 2.05) is 45.0 Å². The lowest BCUT2D eigenvalue weighted by Crippen LogP contribution is -1.91. The van der Waals surface area contributed by atoms with E-state index < -0.39 is 0 Å². The summed E-state index contributed by atoms with van der Waals surface area (Å²) in [6.07, 6.45) is 0.686. The minimum Gasteiger partial charge on any atom is -0.508 e. The van der Waals surface area contributed by atoms with Gasteiger partial charge in [0.15, 0.2) is 0 Å². The van der Waals surface area contributed by atoms with Crippen LogP contribution in [0, 0.1) is 6.92 Å². The van der Waals surface area contributed by atoms with Gasteiger partial charge in [0.1, 0.15) is 5.75 Å². The Bertz CT molecular complexity index is 800. The molecular weight excluding hydrogens is 364 g/mol. The summed E-state index contributed by atoms with van der Waals surface area (Å²) < 4.78 is 0. The monoisotopic (exact) mass is 398 g/mol. The molecule has 10 N–H and O–H groups in total. The molecule has 0 unspecified atom stereocenters. The summed E-state index contributed by atoms with van der Waals surface area (Å²) in [5.74, 6) is 0.296. The number of anilines is 4. The topological polar surface area (TPSA) is 145 Å². The van der Waals surface area contributed by atoms with E-state index in [2.05, 4.69) is 0 Å². The van der Waals surface area contributed by atoms with Crippen molar-refractivity contribution < 1.29 is 10.2 Å². The Labute approximate surface area is 173 Å². The second-order valence-electron chi connectivity index (χ2n) is 5.93. The highest BCUT2D eigenvalue weighted by molar-refractivity contribution is 5.48. The average Bonchev–Trinajstić information content (AvgIpc) is 2.70. The Morgan fingerprint density at radius 1 is 0.690 bits per heavy atom. The minimum absolute atomic E-state index is 0.184. The number of rotatable bonds is 2. The second-order valence-corrected chi connectivity index (χ2v) is 5.93. The molecule has 0 heterocycles. The Morgan fingerprint density at radius 2 is 1.17 bits per heavy atom. The van der Waals surface area contributed by atoms with Crippen LogP contribution in [-0.2, 0) is 6.42 Å². The van der Waals surface area contributed by atoms with Crippen LogP contribution in [-0.4, -0.2) is 16.8 Å². The third kappa shape index (κ3) is 11.8. The lowest BCUT2D eigenvalue weighted by molar-refractivity contribution is 0.299. The molecule has 0 saturated carbocycles. The second kappa shape index (κ2) is 14.6. The number of phenols is 1. The summed E-state index contributed by atoms with van der Waals surface area (Å²) in [6.45, 7) is 6.00. The van der Waals surface area contributed by atoms with Crippen LogP contribution in [0.25, 0.3) is 0 Å². The van der Waals surface area contributed by atoms with E-state index in [9.17, 15) is 0 Å². The molecule has 29 heavy (non-hydrogen) atoms. The highest BCUT2D eigenvalue weighted by Gasteiger charge is 1.92. The fourth-order valence-corrected chi connectivity index (χ4v) is 2.05. The molecule has 158 valence electrons. The predicted octanol–water partition coefficient (Wildman–Crippen LogP) is 3.96. The third-order valence-corrected chi connectivity index (χ3v) is 3.51. The molecule has 0 fully saturated rings. The van der Waals surface area contributed by atoms with Crippen LogP contribution < -0.4 is 22.9 Å². The smallest absolute Gasteiger partial charge is 0.118 e. The molecule has 3 aromatic carbocycles. The molecule has 0 aliphatic carbocycles. The highest BCUT2D eigenvalue weighted by Crippen LogP contribution is 2.17. The van der Waals surface area contributed by atoms with Gasteiger partial charge in [-0.2, -0.15) is 0 Å². The van der Waals surface area contributed by atoms with Gasteiger partial charge in [0.25, 0.3) is 0 Å². The maximum atomic E-state index is 8.99. The van der Waals surface area contributed by atoms with Crippen molar-refractivity contribution in [3.63, 3.8) is 0 Å². The van der Waals surface area contributed by atoms with Crippen LogP contribution in [0.3, 0.4) is 0 Å². The number of benzene rings is 3. The third-order valence-electron chi connectivity index (χ3n) is 3.51. The first-order valence-corrected chi connectivity index (χ1v) is 9.43. The molecule has 6 nitrogen and oxygen atoms in total. The number of aliphatic hydroxyl groups excluding tert-OH is 1. The Hall–Kier alpha value is -3.38. The van der Waals surface area contributed by atoms with Crippen molar-refractivity contribution in [2.75, 3.05) is 29.5 Å². The molecule has 0 spiro atoms. The zero-order valence-electron chi connectivity index (χ0n) is 17.5. The van der Waals surface area contributed by atoms with Gasteiger partial charge in [-0.15, -0.1) is 0 Å². The number of aliphatic hydroxyl groups is 1. The van der Waals surface area contributed by atoms with Gasteiger partial charge in [0, 0.05) is 29.4 Å². The van der Waals surface area contributed by atoms with Gasteiger partial charge in [0.05, 0.1) is 0 Å². The Kier molecular flexibility index (Phi) is 12.9. The van der Waals surface area contributed by atoms with E-state index in [4.69, 9.17) is 33.1 Å². The number of nitrogen functional groups attached to an aromatic ring is 4. The Morgan fingerprint density at radius 3 is 1.59 bits per heavy atom. The highest BCUT2D eigenvalue weighted by atomic mass is 16.3. The first-order chi connectivity index (χ1) is 13.8. The van der Waals surface area contributed by atoms with Crippen LogP contribution in [0.15, 0.2) is 66.7 Å². The maximum Gasteiger partial charge on any atom is 0.118 e. The molecule has 3 rings (SSSR count). The molecular formula is C23H34N4O2. The summed E-state index contributed by atoms with van der Waals surface area (Å²) in [4.78, 5) is 0. The number of hydrogen-bond acceptors (Lipinski definition) is 6. The van der Waals surface area contributed by atoms with Gasteiger partial charge in [-0.25, -0.2) is 0 Å². The van der Waals surface area contributed by atoms with E-state index >= 15 is 0 Å². The molecule has 0 bridgehead atoms. The fraction of sp³-hybridized carbons (Fsp3) is 0.217. The molecule has 0 aromatic heterocycles. The molecule has 0 amide bonds. The largest absolute Gasteiger partial charge is 0.508 e. The normalized spacial score (nSPS) is 8.97. The standard InChI is InChI=1S/C8H11NO.C7H9NO.C6H8N2.C2H6/c9-8-3-1-2-7(6-8)4-5-10;1-5-4-6(8)2-3-7(5)9;7-5-1-2-6(8)4-3-5;1-2/h1-3,6,10H,4-5,9H2;2-4,9H,8H2,1H3;1-4H,7-8H2;1-2H3. The number of hydrogen-bond donors (Lipinski definition) is 6. The SMILES string of the molecule is CC.Cc1cc(N)ccc1O.Nc1ccc(N)cc1.Nc1cccc(CCO)c1. The quantitative estimate of drug-likeness (QED) is 0.285. The van der Waals surface area contributed by atoms with Gasteiger partial charge >= 0.3 is 0 Å². The predicted molar refractivity (Wildman–Crippen MR) is 126 cm³/mol. The van der Waals surface area contributed by atoms with Gasteiger partial charge in [-0.05, 0) is 79.1 Å². The number of nitrogens with two attached hydrogens (primary N) is 4. The molecule has 3 aromatic rings. The van der Waals surface area contributed by atoms with E-state index in [-0.39, 0.29) is 6.61 Å². The van der Waals surface area contributed by atoms with Crippen LogP contribution in [0.5, 0.6) is 5.75 Å².